The van der Waals surface area contributed by atoms with Crippen molar-refractivity contribution in [1.82, 2.24) is 19.8 Å². The number of aryl methyl sites for hydroxylation is 1. The van der Waals surface area contributed by atoms with E-state index in [1.165, 1.54) is 23.3 Å². The van der Waals surface area contributed by atoms with Gasteiger partial charge in [0.05, 0.1) is 22.5 Å². The van der Waals surface area contributed by atoms with Gasteiger partial charge in [-0.3, -0.25) is 9.69 Å². The van der Waals surface area contributed by atoms with Crippen LogP contribution in [0.25, 0.3) is 27.8 Å². The van der Waals surface area contributed by atoms with Crippen molar-refractivity contribution in [2.75, 3.05) is 30.3 Å². The van der Waals surface area contributed by atoms with Crippen LogP contribution in [0.15, 0.2) is 65.2 Å². The zero-order valence-corrected chi connectivity index (χ0v) is 22.2. The van der Waals surface area contributed by atoms with Crippen LogP contribution in [-0.2, 0) is 13.0 Å². The van der Waals surface area contributed by atoms with Crippen molar-refractivity contribution in [3.63, 3.8) is 0 Å². The molecule has 2 aliphatic heterocycles. The number of hydrogen-bond donors (Lipinski definition) is 1. The lowest BCUT2D eigenvalue weighted by molar-refractivity contribution is 0.0972. The zero-order chi connectivity index (χ0) is 27.4. The third-order valence-corrected chi connectivity index (χ3v) is 8.10. The molecule has 7 rings (SSSR count). The Morgan fingerprint density at radius 2 is 1.85 bits per heavy atom. The van der Waals surface area contributed by atoms with Crippen molar-refractivity contribution in [2.24, 2.45) is 0 Å². The molecule has 0 atom stereocenters. The Morgan fingerprint density at radius 1 is 1.02 bits per heavy atom. The average molecular weight is 537 g/mol. The van der Waals surface area contributed by atoms with Gasteiger partial charge in [-0.05, 0) is 86.3 Å². The van der Waals surface area contributed by atoms with Crippen LogP contribution in [0.4, 0.5) is 15.9 Å². The molecule has 9 heteroatoms. The summed E-state index contributed by atoms with van der Waals surface area (Å²) in [6, 6.07) is 18.7. The van der Waals surface area contributed by atoms with Crippen LogP contribution >= 0.6 is 0 Å². The van der Waals surface area contributed by atoms with Crippen LogP contribution in [-0.4, -0.2) is 45.4 Å². The maximum Gasteiger partial charge on any atom is 0.277 e. The Morgan fingerprint density at radius 3 is 2.67 bits per heavy atom. The van der Waals surface area contributed by atoms with Gasteiger partial charge in [-0.25, -0.2) is 9.07 Å². The second kappa shape index (κ2) is 9.60. The van der Waals surface area contributed by atoms with E-state index in [1.54, 1.807) is 35.0 Å². The second-order valence-corrected chi connectivity index (χ2v) is 10.6. The van der Waals surface area contributed by atoms with Gasteiger partial charge in [0.1, 0.15) is 11.5 Å². The fraction of sp³-hybridized carbons (Fsp3) is 0.258. The summed E-state index contributed by atoms with van der Waals surface area (Å²) in [5, 5.41) is 9.13. The van der Waals surface area contributed by atoms with Crippen molar-refractivity contribution in [3.8, 4) is 16.8 Å². The van der Waals surface area contributed by atoms with Gasteiger partial charge in [-0.15, -0.1) is 0 Å². The summed E-state index contributed by atoms with van der Waals surface area (Å²) < 4.78 is 22.6. The summed E-state index contributed by atoms with van der Waals surface area (Å²) in [4.78, 5) is 17.9. The molecular formula is C31H29FN6O2. The minimum atomic E-state index is -0.424. The molecule has 0 spiro atoms. The molecule has 3 aromatic carbocycles. The molecule has 2 N–H and O–H groups in total. The quantitative estimate of drug-likeness (QED) is 0.318. The summed E-state index contributed by atoms with van der Waals surface area (Å²) in [6.07, 6.45) is 3.02. The highest BCUT2D eigenvalue weighted by atomic mass is 19.1. The first-order valence-corrected chi connectivity index (χ1v) is 13.6. The highest BCUT2D eigenvalue weighted by molar-refractivity contribution is 6.08. The highest BCUT2D eigenvalue weighted by Crippen LogP contribution is 2.34. The first kappa shape index (κ1) is 24.5. The van der Waals surface area contributed by atoms with Crippen LogP contribution in [0.5, 0.6) is 0 Å². The second-order valence-electron chi connectivity index (χ2n) is 10.6. The van der Waals surface area contributed by atoms with Gasteiger partial charge in [0.2, 0.25) is 0 Å². The molecule has 1 saturated heterocycles. The molecule has 0 saturated carbocycles. The van der Waals surface area contributed by atoms with E-state index in [-0.39, 0.29) is 17.4 Å². The first-order chi connectivity index (χ1) is 19.5. The van der Waals surface area contributed by atoms with Gasteiger partial charge in [0.25, 0.3) is 5.91 Å². The summed E-state index contributed by atoms with van der Waals surface area (Å²) in [5.74, 6) is -0.445. The largest absolute Gasteiger partial charge is 0.380 e. The molecule has 202 valence electrons. The third-order valence-electron chi connectivity index (χ3n) is 8.10. The summed E-state index contributed by atoms with van der Waals surface area (Å²) in [5.41, 5.74) is 12.5. The zero-order valence-electron chi connectivity index (χ0n) is 22.2. The number of amides is 1. The number of benzene rings is 3. The molecule has 8 nitrogen and oxygen atoms in total. The monoisotopic (exact) mass is 536 g/mol. The Balaban J connectivity index is 1.22. The highest BCUT2D eigenvalue weighted by Gasteiger charge is 2.33. The van der Waals surface area contributed by atoms with Crippen LogP contribution in [0.3, 0.4) is 0 Å². The number of halogens is 1. The number of anilines is 2. The molecule has 0 unspecified atom stereocenters. The Bertz CT molecular complexity index is 1770. The van der Waals surface area contributed by atoms with Gasteiger partial charge < -0.3 is 15.2 Å². The molecule has 0 aliphatic carbocycles. The standard InChI is InChI=1S/C31H29FN6O2/c1-19-23-12-15-37(31(39)29(23)38(34-19)22-9-11-28-25(17-22)30(33)35-40-28)27-10-8-20(16-26(27)32)24-7-3-2-6-21(24)18-36-13-4-5-14-36/h2-3,6-11,16-17H,4-5,12-15,18H2,1H3,(H2,33,35). The van der Waals surface area contributed by atoms with Crippen molar-refractivity contribution in [3.05, 3.63) is 89.0 Å². The molecule has 5 aromatic rings. The SMILES string of the molecule is Cc1nn(-c2ccc3onc(N)c3c2)c2c1CCN(c1ccc(-c3ccccc3CN3CCCC3)cc1F)C2=O. The van der Waals surface area contributed by atoms with Crippen LogP contribution in [0, 0.1) is 12.7 Å². The van der Waals surface area contributed by atoms with Crippen LogP contribution < -0.4 is 10.6 Å². The third kappa shape index (κ3) is 4.05. The number of carbonyl (C=O) groups is 1. The number of hydrogen-bond acceptors (Lipinski definition) is 6. The van der Waals surface area contributed by atoms with E-state index in [1.807, 2.05) is 31.2 Å². The van der Waals surface area contributed by atoms with Gasteiger partial charge in [0, 0.05) is 18.7 Å². The number of fused-ring (bicyclic) bond motifs is 2. The number of nitrogens with zero attached hydrogens (tertiary/aromatic N) is 5. The number of likely N-dealkylation sites (tertiary alicyclic amines) is 1. The van der Waals surface area contributed by atoms with Gasteiger partial charge in [-0.2, -0.15) is 5.10 Å². The molecular weight excluding hydrogens is 507 g/mol. The van der Waals surface area contributed by atoms with Crippen LogP contribution in [0.1, 0.15) is 40.2 Å². The van der Waals surface area contributed by atoms with E-state index in [9.17, 15) is 4.79 Å². The molecule has 1 fully saturated rings. The fourth-order valence-electron chi connectivity index (χ4n) is 6.04. The summed E-state index contributed by atoms with van der Waals surface area (Å²) in [7, 11) is 0. The molecule has 0 bridgehead atoms. The van der Waals surface area contributed by atoms with Gasteiger partial charge >= 0.3 is 0 Å². The Kier molecular flexibility index (Phi) is 5.89. The van der Waals surface area contributed by atoms with Crippen molar-refractivity contribution >= 4 is 28.4 Å². The average Bonchev–Trinajstić information content (AvgIpc) is 3.69. The molecule has 0 radical (unpaired) electrons. The lowest BCUT2D eigenvalue weighted by Gasteiger charge is -2.28. The van der Waals surface area contributed by atoms with Gasteiger partial charge in [-0.1, -0.05) is 35.5 Å². The maximum absolute atomic E-state index is 15.8. The van der Waals surface area contributed by atoms with Crippen molar-refractivity contribution in [1.29, 1.82) is 0 Å². The molecule has 1 amide bonds. The minimum Gasteiger partial charge on any atom is -0.380 e. The van der Waals surface area contributed by atoms with E-state index >= 15 is 4.39 Å². The van der Waals surface area contributed by atoms with Crippen molar-refractivity contribution in [2.45, 2.75) is 32.7 Å². The van der Waals surface area contributed by atoms with E-state index in [2.05, 4.69) is 21.2 Å². The predicted octanol–water partition coefficient (Wildman–Crippen LogP) is 5.51. The molecule has 4 heterocycles. The number of aromatic nitrogens is 3. The number of carbonyl (C=O) groups excluding carboxylic acids is 1. The predicted molar refractivity (Wildman–Crippen MR) is 152 cm³/mol. The van der Waals surface area contributed by atoms with Gasteiger partial charge in [0.15, 0.2) is 11.4 Å². The summed E-state index contributed by atoms with van der Waals surface area (Å²) in [6.45, 7) is 5.30. The number of rotatable bonds is 5. The molecule has 2 aliphatic rings. The maximum atomic E-state index is 15.8. The normalized spacial score (nSPS) is 15.8. The first-order valence-electron chi connectivity index (χ1n) is 13.6. The van der Waals surface area contributed by atoms with E-state index < -0.39 is 5.82 Å². The lowest BCUT2D eigenvalue weighted by Crippen LogP contribution is -2.39. The van der Waals surface area contributed by atoms with E-state index in [0.29, 0.717) is 35.3 Å². The summed E-state index contributed by atoms with van der Waals surface area (Å²) >= 11 is 0. The van der Waals surface area contributed by atoms with Crippen molar-refractivity contribution < 1.29 is 13.7 Å². The van der Waals surface area contributed by atoms with Crippen LogP contribution in [0.2, 0.25) is 0 Å². The van der Waals surface area contributed by atoms with E-state index in [4.69, 9.17) is 10.3 Å². The molecule has 40 heavy (non-hydrogen) atoms. The number of nitrogen functional groups attached to an aromatic ring is 1. The lowest BCUT2D eigenvalue weighted by atomic mass is 9.98. The Labute approximate surface area is 230 Å². The van der Waals surface area contributed by atoms with E-state index in [0.717, 1.165) is 42.0 Å². The fourth-order valence-corrected chi connectivity index (χ4v) is 6.04. The number of nitrogens with two attached hydrogens (primary N) is 1. The topological polar surface area (TPSA) is 93.4 Å². The minimum absolute atomic E-state index is 0.264. The molecule has 2 aromatic heterocycles. The Hall–Kier alpha value is -4.50. The smallest absolute Gasteiger partial charge is 0.277 e.